The fourth-order valence-corrected chi connectivity index (χ4v) is 11.5. The second kappa shape index (κ2) is 31.0. The summed E-state index contributed by atoms with van der Waals surface area (Å²) < 4.78 is 144. The largest absolute Gasteiger partial charge is 0.534 e. The molecular formula is C70H65F7N2O15S. The monoisotopic (exact) mass is 1340 g/mol. The molecule has 0 aliphatic carbocycles. The Bertz CT molecular complexity index is 3890. The lowest BCUT2D eigenvalue weighted by molar-refractivity contribution is -0.216. The lowest BCUT2D eigenvalue weighted by Gasteiger charge is -2.48. The van der Waals surface area contributed by atoms with Crippen molar-refractivity contribution in [2.24, 2.45) is 11.8 Å². The molecule has 2 unspecified atom stereocenters. The number of benzene rings is 7. The summed E-state index contributed by atoms with van der Waals surface area (Å²) in [5.41, 5.74) is -1.55. The SMILES string of the molecule is C#CC1(OCC(=O)OCc2ccccc2)COC1.O=C(O)COC1(CCc2ccc([C@@H]3C(CC[C@H](O)c4ccc(F)cc4)C(=O)N3c3ccc(F)cc3)cc2)COC1.O=C1C(CC[C@H](O)c2ccc(F)cc2)[C@@H](c2ccc(OS(=O)(=O)C(F)(F)F)cc2)N1c1ccc(F)cc1. The molecule has 11 rings (SSSR count). The number of β-lactam (4-membered cyclic amide) rings is 2. The number of carboxylic acids is 1. The number of carbonyl (C=O) groups excluding carboxylic acids is 3. The zero-order valence-corrected chi connectivity index (χ0v) is 51.5. The van der Waals surface area contributed by atoms with Crippen LogP contribution in [0.2, 0.25) is 0 Å². The first-order valence-corrected chi connectivity index (χ1v) is 31.3. The van der Waals surface area contributed by atoms with Crippen molar-refractivity contribution in [1.82, 2.24) is 0 Å². The molecule has 3 N–H and O–H groups in total. The van der Waals surface area contributed by atoms with Gasteiger partial charge in [-0.2, -0.15) is 21.6 Å². The van der Waals surface area contributed by atoms with Crippen molar-refractivity contribution in [2.45, 2.75) is 86.1 Å². The maximum Gasteiger partial charge on any atom is 0.534 e. The van der Waals surface area contributed by atoms with Crippen LogP contribution in [0.3, 0.4) is 0 Å². The molecule has 4 saturated heterocycles. The number of aliphatic hydroxyl groups excluding tert-OH is 2. The third kappa shape index (κ3) is 17.9. The van der Waals surface area contributed by atoms with Gasteiger partial charge in [-0.05, 0) is 157 Å². The van der Waals surface area contributed by atoms with Crippen molar-refractivity contribution in [3.63, 3.8) is 0 Å². The van der Waals surface area contributed by atoms with Crippen LogP contribution in [0.15, 0.2) is 176 Å². The number of aliphatic hydroxyl groups is 2. The summed E-state index contributed by atoms with van der Waals surface area (Å²) in [5, 5.41) is 30.1. The predicted octanol–water partition coefficient (Wildman–Crippen LogP) is 11.5. The molecule has 4 aliphatic heterocycles. The van der Waals surface area contributed by atoms with E-state index in [2.05, 4.69) is 10.1 Å². The quantitative estimate of drug-likeness (QED) is 0.0121. The smallest absolute Gasteiger partial charge is 0.480 e. The van der Waals surface area contributed by atoms with Crippen molar-refractivity contribution in [3.05, 3.63) is 233 Å². The summed E-state index contributed by atoms with van der Waals surface area (Å²) in [6, 6.07) is 43.0. The number of halogens is 7. The summed E-state index contributed by atoms with van der Waals surface area (Å²) in [6.07, 6.45) is 5.91. The van der Waals surface area contributed by atoms with Gasteiger partial charge in [-0.1, -0.05) is 96.9 Å². The molecule has 7 aromatic carbocycles. The summed E-state index contributed by atoms with van der Waals surface area (Å²) in [5.74, 6) is -2.72. The lowest BCUT2D eigenvalue weighted by Crippen LogP contribution is -2.55. The van der Waals surface area contributed by atoms with E-state index in [4.69, 9.17) is 35.2 Å². The van der Waals surface area contributed by atoms with Gasteiger partial charge in [0.05, 0.1) is 62.6 Å². The Balaban J connectivity index is 0.000000179. The summed E-state index contributed by atoms with van der Waals surface area (Å²) in [4.78, 5) is 51.8. The van der Waals surface area contributed by atoms with Gasteiger partial charge in [0.15, 0.2) is 5.60 Å². The molecule has 6 atom stereocenters. The summed E-state index contributed by atoms with van der Waals surface area (Å²) in [7, 11) is -5.85. The van der Waals surface area contributed by atoms with Crippen LogP contribution in [-0.4, -0.2) is 104 Å². The molecule has 0 bridgehead atoms. The van der Waals surface area contributed by atoms with E-state index in [9.17, 15) is 68.5 Å². The third-order valence-electron chi connectivity index (χ3n) is 16.4. The first-order valence-electron chi connectivity index (χ1n) is 29.9. The van der Waals surface area contributed by atoms with Gasteiger partial charge >= 0.3 is 27.6 Å². The third-order valence-corrected chi connectivity index (χ3v) is 17.4. The molecule has 0 spiro atoms. The van der Waals surface area contributed by atoms with Crippen LogP contribution in [0.1, 0.15) is 89.8 Å². The number of anilines is 2. The molecule has 95 heavy (non-hydrogen) atoms. The molecule has 4 aliphatic rings. The Morgan fingerprint density at radius 3 is 1.44 bits per heavy atom. The zero-order valence-electron chi connectivity index (χ0n) is 50.7. The molecule has 17 nitrogen and oxygen atoms in total. The standard InChI is InChI=1S/C31H31F2NO6.C25H20F5NO5S.C14H14O4/c32-23-7-5-21(6-8-23)27(35)14-13-26-29(34(30(26)38)25-11-9-24(33)10-12-25)22-3-1-20(2-4-22)15-16-31(18-39-19-31)40-17-28(36)37;26-17-5-1-15(2-6-17)22(32)14-13-21-23(31(24(21)33)19-9-7-18(27)8-10-19)16-3-11-20(12-4-16)36-37(34,35)25(28,29)30;1-2-14(10-16-11-14)18-9-13(15)17-8-12-6-4-3-5-7-12/h1-12,26-27,29,35H,13-19H2,(H,36,37);1-12,21-23,32H,13-14H2;1,3-7H,8-11H2/t26?,27-,29+;21?,22-,23+;/m00./s1. The van der Waals surface area contributed by atoms with Gasteiger partial charge in [-0.3, -0.25) is 9.59 Å². The Kier molecular flexibility index (Phi) is 23.0. The number of esters is 1. The van der Waals surface area contributed by atoms with Crippen LogP contribution in [0, 0.1) is 47.4 Å². The van der Waals surface area contributed by atoms with E-state index in [1.807, 2.05) is 54.6 Å². The van der Waals surface area contributed by atoms with Crippen molar-refractivity contribution in [1.29, 1.82) is 0 Å². The van der Waals surface area contributed by atoms with Gasteiger partial charge in [0.25, 0.3) is 0 Å². The molecule has 2 amide bonds. The Hall–Kier alpha value is -9.00. The molecule has 25 heteroatoms. The number of rotatable bonds is 25. The predicted molar refractivity (Wildman–Crippen MR) is 330 cm³/mol. The highest BCUT2D eigenvalue weighted by atomic mass is 32.2. The van der Waals surface area contributed by atoms with Crippen molar-refractivity contribution in [2.75, 3.05) is 49.4 Å². The van der Waals surface area contributed by atoms with Crippen LogP contribution in [-0.2, 0) is 66.0 Å². The van der Waals surface area contributed by atoms with Crippen molar-refractivity contribution >= 4 is 45.2 Å². The Morgan fingerprint density at radius 1 is 0.600 bits per heavy atom. The Morgan fingerprint density at radius 2 is 1.04 bits per heavy atom. The number of carbonyl (C=O) groups is 4. The maximum atomic E-state index is 13.6. The van der Waals surface area contributed by atoms with Crippen molar-refractivity contribution < 1.29 is 102 Å². The molecule has 4 heterocycles. The second-order valence-corrected chi connectivity index (χ2v) is 24.5. The van der Waals surface area contributed by atoms with Gasteiger partial charge in [0.1, 0.15) is 54.4 Å². The number of carboxylic acid groups (broad SMARTS) is 1. The van der Waals surface area contributed by atoms with E-state index < -0.39 is 86.1 Å². The van der Waals surface area contributed by atoms with Gasteiger partial charge in [0.2, 0.25) is 11.8 Å². The molecule has 7 aromatic rings. The number of alkyl halides is 3. The highest BCUT2D eigenvalue weighted by Gasteiger charge is 2.51. The topological polar surface area (TPSA) is 225 Å². The number of ether oxygens (including phenoxy) is 5. The molecule has 0 aromatic heterocycles. The van der Waals surface area contributed by atoms with Gasteiger partial charge in [0, 0.05) is 11.4 Å². The van der Waals surface area contributed by atoms with E-state index in [0.717, 1.165) is 28.8 Å². The zero-order chi connectivity index (χ0) is 68.1. The molecular weight excluding hydrogens is 1270 g/mol. The van der Waals surface area contributed by atoms with Gasteiger partial charge in [-0.15, -0.1) is 6.42 Å². The first-order chi connectivity index (χ1) is 45.4. The molecule has 0 saturated carbocycles. The minimum atomic E-state index is -5.85. The summed E-state index contributed by atoms with van der Waals surface area (Å²) >= 11 is 0. The minimum Gasteiger partial charge on any atom is -0.480 e. The van der Waals surface area contributed by atoms with E-state index in [0.29, 0.717) is 80.2 Å². The second-order valence-electron chi connectivity index (χ2n) is 23.0. The number of amides is 2. The van der Waals surface area contributed by atoms with Crippen molar-refractivity contribution in [3.8, 4) is 18.1 Å². The average Bonchev–Trinajstić information content (AvgIpc) is 0.747. The van der Waals surface area contributed by atoms with Crippen LogP contribution in [0.4, 0.5) is 42.1 Å². The van der Waals surface area contributed by atoms with E-state index in [1.54, 1.807) is 17.0 Å². The molecule has 4 fully saturated rings. The number of hydrogen-bond donors (Lipinski definition) is 3. The first kappa shape index (κ1) is 70.3. The van der Waals surface area contributed by atoms with Crippen LogP contribution >= 0.6 is 0 Å². The fraction of sp³-hybridized carbons (Fsp3) is 0.314. The highest BCUT2D eigenvalue weighted by molar-refractivity contribution is 7.88. The number of nitrogens with zero attached hydrogens (tertiary/aromatic N) is 2. The van der Waals surface area contributed by atoms with E-state index in [-0.39, 0.29) is 62.3 Å². The summed E-state index contributed by atoms with van der Waals surface area (Å²) in [6.45, 7) is 1.10. The minimum absolute atomic E-state index is 0.102. The maximum absolute atomic E-state index is 13.6. The number of hydrogen-bond acceptors (Lipinski definition) is 14. The normalized spacial score (nSPS) is 19.1. The number of aryl methyl sites for hydroxylation is 1. The Labute approximate surface area is 542 Å². The lowest BCUT2D eigenvalue weighted by atomic mass is 9.78. The molecule has 500 valence electrons. The van der Waals surface area contributed by atoms with E-state index >= 15 is 0 Å². The molecule has 0 radical (unpaired) electrons. The number of terminal acetylenes is 1. The highest BCUT2D eigenvalue weighted by Crippen LogP contribution is 2.48. The average molecular weight is 1340 g/mol. The van der Waals surface area contributed by atoms with E-state index in [1.165, 1.54) is 102 Å². The van der Waals surface area contributed by atoms with Crippen LogP contribution < -0.4 is 14.0 Å². The fourth-order valence-electron chi connectivity index (χ4n) is 11.0. The van der Waals surface area contributed by atoms with Crippen LogP contribution in [0.25, 0.3) is 0 Å². The van der Waals surface area contributed by atoms with Gasteiger partial charge < -0.3 is 53.0 Å². The van der Waals surface area contributed by atoms with Crippen LogP contribution in [0.5, 0.6) is 5.75 Å². The van der Waals surface area contributed by atoms with Gasteiger partial charge in [-0.25, -0.2) is 27.2 Å². The number of aliphatic carboxylic acids is 1.